The van der Waals surface area contributed by atoms with Crippen LogP contribution in [0.5, 0.6) is 0 Å². The van der Waals surface area contributed by atoms with Gasteiger partial charge in [0, 0.05) is 30.9 Å². The van der Waals surface area contributed by atoms with Crippen LogP contribution in [-0.4, -0.2) is 64.7 Å². The van der Waals surface area contributed by atoms with Gasteiger partial charge in [0.1, 0.15) is 0 Å². The molecule has 1 aromatic rings. The van der Waals surface area contributed by atoms with Gasteiger partial charge >= 0.3 is 5.97 Å². The number of carbonyl (C=O) groups excluding carboxylic acids is 2. The summed E-state index contributed by atoms with van der Waals surface area (Å²) in [5.41, 5.74) is 1.93. The number of thioether (sulfide) groups is 1. The van der Waals surface area contributed by atoms with Gasteiger partial charge in [0.2, 0.25) is 5.91 Å². The van der Waals surface area contributed by atoms with E-state index in [0.717, 1.165) is 0 Å². The molecule has 10 nitrogen and oxygen atoms in total. The number of hydrogen-bond donors (Lipinski definition) is 0. The molecule has 1 saturated heterocycles. The zero-order chi connectivity index (χ0) is 23.5. The number of amides is 1. The maximum Gasteiger partial charge on any atom is 0.338 e. The molecule has 0 bridgehead atoms. The largest absolute Gasteiger partial charge is 0.463 e. The van der Waals surface area contributed by atoms with Gasteiger partial charge in [0.05, 0.1) is 48.5 Å². The lowest BCUT2D eigenvalue weighted by Gasteiger charge is -2.36. The predicted octanol–water partition coefficient (Wildman–Crippen LogP) is 2.98. The highest BCUT2D eigenvalue weighted by Crippen LogP contribution is 2.45. The van der Waals surface area contributed by atoms with Crippen LogP contribution in [0.3, 0.4) is 0 Å². The van der Waals surface area contributed by atoms with Crippen molar-refractivity contribution in [2.24, 2.45) is 4.99 Å². The van der Waals surface area contributed by atoms with Gasteiger partial charge < -0.3 is 19.3 Å². The van der Waals surface area contributed by atoms with E-state index in [1.165, 1.54) is 23.9 Å². The van der Waals surface area contributed by atoms with Crippen LogP contribution >= 0.6 is 11.8 Å². The lowest BCUT2D eigenvalue weighted by Crippen LogP contribution is -2.42. The number of amidine groups is 1. The fourth-order valence-electron chi connectivity index (χ4n) is 4.04. The third-order valence-electron chi connectivity index (χ3n) is 5.59. The number of esters is 1. The number of nitrogens with zero attached hydrogens (tertiary/aromatic N) is 4. The predicted molar refractivity (Wildman–Crippen MR) is 122 cm³/mol. The van der Waals surface area contributed by atoms with Gasteiger partial charge in [-0.05, 0) is 24.8 Å². The molecule has 0 aromatic heterocycles. The Bertz CT molecular complexity index is 1080. The lowest BCUT2D eigenvalue weighted by molar-refractivity contribution is -0.384. The highest BCUT2D eigenvalue weighted by atomic mass is 32.2. The van der Waals surface area contributed by atoms with Gasteiger partial charge in [-0.1, -0.05) is 23.9 Å². The van der Waals surface area contributed by atoms with Gasteiger partial charge in [-0.15, -0.1) is 0 Å². The summed E-state index contributed by atoms with van der Waals surface area (Å²) in [6, 6.07) is 5.47. The molecule has 1 amide bonds. The number of benzene rings is 1. The Morgan fingerprint density at radius 2 is 2.09 bits per heavy atom. The summed E-state index contributed by atoms with van der Waals surface area (Å²) in [6.45, 7) is 5.68. The van der Waals surface area contributed by atoms with Crippen molar-refractivity contribution in [1.82, 2.24) is 9.80 Å². The molecule has 1 aromatic carbocycles. The molecule has 3 heterocycles. The number of allylic oxidation sites excluding steroid dienone is 1. The number of morpholine rings is 1. The minimum atomic E-state index is -0.699. The van der Waals surface area contributed by atoms with Crippen molar-refractivity contribution in [3.63, 3.8) is 0 Å². The van der Waals surface area contributed by atoms with Crippen LogP contribution in [0.4, 0.5) is 5.69 Å². The fraction of sp³-hybridized carbons (Fsp3) is 0.409. The second kappa shape index (κ2) is 9.75. The Balaban J connectivity index is 1.72. The smallest absolute Gasteiger partial charge is 0.338 e. The molecule has 1 atom stereocenters. The van der Waals surface area contributed by atoms with E-state index in [0.29, 0.717) is 54.0 Å². The summed E-state index contributed by atoms with van der Waals surface area (Å²) in [7, 11) is 0. The minimum Gasteiger partial charge on any atom is -0.463 e. The van der Waals surface area contributed by atoms with E-state index in [2.05, 4.69) is 4.99 Å². The maximum absolute atomic E-state index is 13.0. The summed E-state index contributed by atoms with van der Waals surface area (Å²) in [6.07, 6.45) is 0.118. The van der Waals surface area contributed by atoms with Crippen LogP contribution in [0.2, 0.25) is 0 Å². The molecule has 33 heavy (non-hydrogen) atoms. The molecule has 0 spiro atoms. The number of nitro groups is 1. The zero-order valence-electron chi connectivity index (χ0n) is 18.4. The fourth-order valence-corrected chi connectivity index (χ4v) is 5.01. The number of ether oxygens (including phenoxy) is 2. The van der Waals surface area contributed by atoms with Gasteiger partial charge in [-0.25, -0.2) is 9.79 Å². The minimum absolute atomic E-state index is 0.0480. The number of aliphatic imine (C=N–C) groups is 1. The average molecular weight is 473 g/mol. The van der Waals surface area contributed by atoms with E-state index in [1.807, 2.05) is 10.3 Å². The van der Waals surface area contributed by atoms with Crippen molar-refractivity contribution in [3.8, 4) is 0 Å². The molecule has 0 aliphatic carbocycles. The molecule has 3 aliphatic heterocycles. The summed E-state index contributed by atoms with van der Waals surface area (Å²) < 4.78 is 10.6. The average Bonchev–Trinajstić information content (AvgIpc) is 3.20. The lowest BCUT2D eigenvalue weighted by atomic mass is 9.93. The highest BCUT2D eigenvalue weighted by molar-refractivity contribution is 8.16. The van der Waals surface area contributed by atoms with E-state index in [1.54, 1.807) is 30.9 Å². The van der Waals surface area contributed by atoms with Crippen LogP contribution < -0.4 is 0 Å². The third kappa shape index (κ3) is 4.64. The molecule has 0 radical (unpaired) electrons. The van der Waals surface area contributed by atoms with E-state index in [4.69, 9.17) is 9.47 Å². The number of carbonyl (C=O) groups is 2. The Kier molecular flexibility index (Phi) is 6.80. The first-order chi connectivity index (χ1) is 15.9. The molecular weight excluding hydrogens is 448 g/mol. The first-order valence-corrected chi connectivity index (χ1v) is 11.5. The second-order valence-electron chi connectivity index (χ2n) is 7.64. The van der Waals surface area contributed by atoms with Crippen molar-refractivity contribution in [3.05, 3.63) is 62.3 Å². The van der Waals surface area contributed by atoms with Crippen LogP contribution in [0.1, 0.15) is 31.9 Å². The van der Waals surface area contributed by atoms with E-state index in [9.17, 15) is 19.7 Å². The Morgan fingerprint density at radius 3 is 2.79 bits per heavy atom. The summed E-state index contributed by atoms with van der Waals surface area (Å²) in [5, 5.41) is 13.9. The molecule has 0 saturated carbocycles. The topological polar surface area (TPSA) is 115 Å². The summed E-state index contributed by atoms with van der Waals surface area (Å²) in [5.74, 6) is -0.585. The van der Waals surface area contributed by atoms with Gasteiger partial charge in [-0.3, -0.25) is 14.9 Å². The van der Waals surface area contributed by atoms with Crippen molar-refractivity contribution in [2.45, 2.75) is 26.3 Å². The first-order valence-electron chi connectivity index (χ1n) is 10.6. The molecular formula is C22H24N4O6S. The number of fused-ring (bicyclic) bond motifs is 1. The summed E-state index contributed by atoms with van der Waals surface area (Å²) >= 11 is 1.36. The van der Waals surface area contributed by atoms with Gasteiger partial charge in [0.15, 0.2) is 5.17 Å². The van der Waals surface area contributed by atoms with Crippen molar-refractivity contribution in [2.75, 3.05) is 32.9 Å². The normalized spacial score (nSPS) is 20.2. The molecule has 11 heteroatoms. The van der Waals surface area contributed by atoms with Crippen molar-refractivity contribution < 1.29 is 24.0 Å². The molecule has 0 N–H and O–H groups in total. The van der Waals surface area contributed by atoms with Crippen LogP contribution in [-0.2, 0) is 19.1 Å². The monoisotopic (exact) mass is 472 g/mol. The zero-order valence-corrected chi connectivity index (χ0v) is 19.2. The first kappa shape index (κ1) is 23.0. The molecule has 1 fully saturated rings. The standard InChI is InChI=1S/C22H24N4O6S/c1-3-32-21(28)19-14(2)23-22-25(20(19)15-5-4-6-16(11-15)26(29)30)17(13-33-22)12-18(27)24-7-9-31-10-8-24/h4-6,11,13,20H,3,7-10,12H2,1-2H3. The quantitative estimate of drug-likeness (QED) is 0.353. The Labute approximate surface area is 195 Å². The Hall–Kier alpha value is -3.18. The SMILES string of the molecule is CCOC(=O)C1=C(C)N=C2SC=C(CC(=O)N3CCOCC3)N2C1c1cccc([N+](=O)[O-])c1. The molecule has 4 rings (SSSR count). The second-order valence-corrected chi connectivity index (χ2v) is 8.47. The van der Waals surface area contributed by atoms with Crippen LogP contribution in [0.25, 0.3) is 0 Å². The molecule has 174 valence electrons. The van der Waals surface area contributed by atoms with Crippen molar-refractivity contribution >= 4 is 34.5 Å². The maximum atomic E-state index is 13.0. The Morgan fingerprint density at radius 1 is 1.33 bits per heavy atom. The van der Waals surface area contributed by atoms with E-state index in [-0.39, 0.29) is 24.6 Å². The number of hydrogen-bond acceptors (Lipinski definition) is 9. The van der Waals surface area contributed by atoms with Crippen LogP contribution in [0.15, 0.2) is 51.6 Å². The molecule has 1 unspecified atom stereocenters. The number of nitro benzene ring substituents is 1. The third-order valence-corrected chi connectivity index (χ3v) is 6.48. The van der Waals surface area contributed by atoms with E-state index >= 15 is 0 Å². The number of non-ortho nitro benzene ring substituents is 1. The van der Waals surface area contributed by atoms with E-state index < -0.39 is 16.9 Å². The highest BCUT2D eigenvalue weighted by Gasteiger charge is 2.41. The van der Waals surface area contributed by atoms with Gasteiger partial charge in [0.25, 0.3) is 5.69 Å². The molecule has 3 aliphatic rings. The van der Waals surface area contributed by atoms with Crippen molar-refractivity contribution in [1.29, 1.82) is 0 Å². The summed E-state index contributed by atoms with van der Waals surface area (Å²) in [4.78, 5) is 45.0. The number of rotatable bonds is 6. The van der Waals surface area contributed by atoms with Crippen LogP contribution in [0, 0.1) is 10.1 Å². The van der Waals surface area contributed by atoms with Gasteiger partial charge in [-0.2, -0.15) is 0 Å².